The third kappa shape index (κ3) is 5.45. The zero-order chi connectivity index (χ0) is 25.8. The van der Waals surface area contributed by atoms with Gasteiger partial charge in [-0.05, 0) is 23.9 Å². The largest absolute Gasteiger partial charge is 0.508 e. The highest BCUT2D eigenvalue weighted by molar-refractivity contribution is 5.95. The summed E-state index contributed by atoms with van der Waals surface area (Å²) in [4.78, 5) is 26.6. The predicted octanol–water partition coefficient (Wildman–Crippen LogP) is 1.46. The van der Waals surface area contributed by atoms with Gasteiger partial charge >= 0.3 is 6.01 Å². The van der Waals surface area contributed by atoms with Crippen LogP contribution in [0.15, 0.2) is 48.7 Å². The Morgan fingerprint density at radius 1 is 1.05 bits per heavy atom. The van der Waals surface area contributed by atoms with E-state index >= 15 is 0 Å². The number of phenolic OH excluding ortho intramolecular Hbond substituents is 1. The summed E-state index contributed by atoms with van der Waals surface area (Å²) in [5.74, 6) is 1.03. The number of aromatic hydroxyl groups is 1. The molecule has 0 spiro atoms. The smallest absolute Gasteiger partial charge is 0.318 e. The minimum Gasteiger partial charge on any atom is -0.508 e. The molecule has 1 fully saturated rings. The number of aromatic nitrogens is 2. The van der Waals surface area contributed by atoms with E-state index in [2.05, 4.69) is 14.7 Å². The first-order valence-electron chi connectivity index (χ1n) is 12.4. The number of aliphatic hydroxyl groups is 2. The number of carbonyl (C=O) groups is 1. The van der Waals surface area contributed by atoms with Crippen LogP contribution in [0.2, 0.25) is 0 Å². The van der Waals surface area contributed by atoms with Crippen molar-refractivity contribution in [3.8, 4) is 11.8 Å². The van der Waals surface area contributed by atoms with Crippen molar-refractivity contribution in [3.05, 3.63) is 59.9 Å². The summed E-state index contributed by atoms with van der Waals surface area (Å²) >= 11 is 0. The molecule has 2 aliphatic heterocycles. The molecule has 0 bridgehead atoms. The van der Waals surface area contributed by atoms with Crippen molar-refractivity contribution in [2.45, 2.75) is 19.1 Å². The van der Waals surface area contributed by atoms with Crippen LogP contribution in [0.3, 0.4) is 0 Å². The number of rotatable bonds is 8. The third-order valence-electron chi connectivity index (χ3n) is 6.79. The van der Waals surface area contributed by atoms with Crippen LogP contribution in [0.5, 0.6) is 11.8 Å². The first-order chi connectivity index (χ1) is 18.1. The normalized spacial score (nSPS) is 16.8. The fourth-order valence-corrected chi connectivity index (χ4v) is 4.92. The van der Waals surface area contributed by atoms with Crippen LogP contribution in [0.4, 0.5) is 11.5 Å². The molecule has 3 aromatic rings. The fraction of sp³-hybridized carbons (Fsp3) is 0.370. The average Bonchev–Trinajstić information content (AvgIpc) is 2.93. The van der Waals surface area contributed by atoms with Crippen molar-refractivity contribution in [3.63, 3.8) is 0 Å². The molecule has 2 aromatic carbocycles. The number of hydrogen-bond acceptors (Lipinski definition) is 10. The van der Waals surface area contributed by atoms with Gasteiger partial charge in [0.2, 0.25) is 0 Å². The number of piperazine rings is 1. The molecule has 10 heteroatoms. The standard InChI is InChI=1S/C27H31N5O5/c33-13-3-7-30-9-11-31(12-10-30)26-23-6-8-32(16-24(23)28-27(29-26)37-18-21(36)17-34)25-15-20(35)14-19-4-1-2-5-22(19)25/h1-5,7,13-15,21,34-36H,6,8-12,16-18H2. The van der Waals surface area contributed by atoms with E-state index in [0.717, 1.165) is 79.0 Å². The molecule has 1 aromatic heterocycles. The molecule has 10 nitrogen and oxygen atoms in total. The summed E-state index contributed by atoms with van der Waals surface area (Å²) in [7, 11) is 0. The molecule has 2 aliphatic rings. The number of aliphatic hydroxyl groups excluding tert-OH is 2. The lowest BCUT2D eigenvalue weighted by Gasteiger charge is -2.38. The number of carbonyl (C=O) groups excluding carboxylic acids is 1. The van der Waals surface area contributed by atoms with E-state index in [4.69, 9.17) is 14.7 Å². The Morgan fingerprint density at radius 2 is 1.86 bits per heavy atom. The fourth-order valence-electron chi connectivity index (χ4n) is 4.92. The van der Waals surface area contributed by atoms with Gasteiger partial charge in [0.1, 0.15) is 30.6 Å². The highest BCUT2D eigenvalue weighted by Crippen LogP contribution is 2.36. The summed E-state index contributed by atoms with van der Waals surface area (Å²) in [6.07, 6.45) is 3.78. The molecule has 3 N–H and O–H groups in total. The zero-order valence-corrected chi connectivity index (χ0v) is 20.5. The van der Waals surface area contributed by atoms with Crippen LogP contribution in [-0.2, 0) is 17.8 Å². The van der Waals surface area contributed by atoms with Crippen LogP contribution in [0.25, 0.3) is 10.8 Å². The molecule has 1 atom stereocenters. The van der Waals surface area contributed by atoms with Crippen molar-refractivity contribution in [2.75, 3.05) is 55.7 Å². The van der Waals surface area contributed by atoms with Crippen molar-refractivity contribution < 1.29 is 24.9 Å². The number of ether oxygens (including phenoxy) is 1. The average molecular weight is 506 g/mol. The topological polar surface area (TPSA) is 122 Å². The van der Waals surface area contributed by atoms with Gasteiger partial charge in [-0.25, -0.2) is 0 Å². The Balaban J connectivity index is 1.46. The van der Waals surface area contributed by atoms with E-state index in [1.54, 1.807) is 12.1 Å². The van der Waals surface area contributed by atoms with Gasteiger partial charge in [-0.3, -0.25) is 4.79 Å². The SMILES string of the molecule is O=CC=CN1CCN(c2nc(OCC(O)CO)nc3c2CCN(c2cc(O)cc4ccccc24)C3)CC1. The van der Waals surface area contributed by atoms with Gasteiger partial charge in [0.25, 0.3) is 0 Å². The molecule has 37 heavy (non-hydrogen) atoms. The van der Waals surface area contributed by atoms with Gasteiger partial charge in [0.15, 0.2) is 0 Å². The second-order valence-electron chi connectivity index (χ2n) is 9.26. The molecule has 0 amide bonds. The Morgan fingerprint density at radius 3 is 2.65 bits per heavy atom. The van der Waals surface area contributed by atoms with Crippen LogP contribution >= 0.6 is 0 Å². The van der Waals surface area contributed by atoms with E-state index in [0.29, 0.717) is 6.54 Å². The second-order valence-corrected chi connectivity index (χ2v) is 9.26. The molecule has 5 rings (SSSR count). The lowest BCUT2D eigenvalue weighted by Crippen LogP contribution is -2.45. The quantitative estimate of drug-likeness (QED) is 0.306. The first-order valence-corrected chi connectivity index (χ1v) is 12.4. The van der Waals surface area contributed by atoms with E-state index in [1.165, 1.54) is 6.08 Å². The molecule has 194 valence electrons. The molecule has 0 aliphatic carbocycles. The van der Waals surface area contributed by atoms with E-state index in [9.17, 15) is 20.1 Å². The number of hydrogen-bond donors (Lipinski definition) is 3. The van der Waals surface area contributed by atoms with Crippen LogP contribution in [-0.4, -0.2) is 88.5 Å². The van der Waals surface area contributed by atoms with E-state index in [1.807, 2.05) is 30.5 Å². The van der Waals surface area contributed by atoms with E-state index < -0.39 is 12.7 Å². The third-order valence-corrected chi connectivity index (χ3v) is 6.79. The Bertz CT molecular complexity index is 1290. The summed E-state index contributed by atoms with van der Waals surface area (Å²) in [6.45, 7) is 3.69. The molecular formula is C27H31N5O5. The van der Waals surface area contributed by atoms with Crippen molar-refractivity contribution >= 4 is 28.6 Å². The number of benzene rings is 2. The maximum absolute atomic E-state index is 10.7. The highest BCUT2D eigenvalue weighted by atomic mass is 16.5. The number of fused-ring (bicyclic) bond motifs is 2. The van der Waals surface area contributed by atoms with Gasteiger partial charge in [-0.15, -0.1) is 0 Å². The first kappa shape index (κ1) is 24.8. The van der Waals surface area contributed by atoms with Gasteiger partial charge in [0, 0.05) is 61.6 Å². The molecular weight excluding hydrogens is 474 g/mol. The molecule has 1 unspecified atom stereocenters. The summed E-state index contributed by atoms with van der Waals surface area (Å²) < 4.78 is 5.68. The number of nitrogens with zero attached hydrogens (tertiary/aromatic N) is 5. The van der Waals surface area contributed by atoms with Gasteiger partial charge in [-0.1, -0.05) is 24.3 Å². The Kier molecular flexibility index (Phi) is 7.38. The van der Waals surface area contributed by atoms with E-state index in [-0.39, 0.29) is 18.4 Å². The molecule has 3 heterocycles. The maximum Gasteiger partial charge on any atom is 0.318 e. The minimum absolute atomic E-state index is 0.111. The summed E-state index contributed by atoms with van der Waals surface area (Å²) in [5, 5.41) is 31.4. The zero-order valence-electron chi connectivity index (χ0n) is 20.5. The number of anilines is 2. The molecule has 0 saturated carbocycles. The Labute approximate surface area is 215 Å². The van der Waals surface area contributed by atoms with Gasteiger partial charge < -0.3 is 34.8 Å². The predicted molar refractivity (Wildman–Crippen MR) is 140 cm³/mol. The van der Waals surface area contributed by atoms with Crippen LogP contribution < -0.4 is 14.5 Å². The monoisotopic (exact) mass is 505 g/mol. The van der Waals surface area contributed by atoms with Gasteiger partial charge in [-0.2, -0.15) is 9.97 Å². The van der Waals surface area contributed by atoms with Gasteiger partial charge in [0.05, 0.1) is 18.8 Å². The summed E-state index contributed by atoms with van der Waals surface area (Å²) in [6, 6.07) is 11.7. The number of allylic oxidation sites excluding steroid dienone is 1. The summed E-state index contributed by atoms with van der Waals surface area (Å²) in [5.41, 5.74) is 2.84. The number of aldehydes is 1. The molecule has 1 saturated heterocycles. The van der Waals surface area contributed by atoms with Crippen LogP contribution in [0.1, 0.15) is 11.3 Å². The van der Waals surface area contributed by atoms with Crippen molar-refractivity contribution in [2.24, 2.45) is 0 Å². The lowest BCUT2D eigenvalue weighted by molar-refractivity contribution is -0.104. The Hall–Kier alpha value is -3.89. The van der Waals surface area contributed by atoms with Crippen molar-refractivity contribution in [1.29, 1.82) is 0 Å². The second kappa shape index (κ2) is 11.0. The maximum atomic E-state index is 10.7. The van der Waals surface area contributed by atoms with Crippen molar-refractivity contribution in [1.82, 2.24) is 14.9 Å². The number of phenols is 1. The lowest BCUT2D eigenvalue weighted by atomic mass is 10.0. The molecule has 0 radical (unpaired) electrons. The minimum atomic E-state index is -1.02. The highest BCUT2D eigenvalue weighted by Gasteiger charge is 2.28. The van der Waals surface area contributed by atoms with Crippen LogP contribution in [0, 0.1) is 0 Å².